The van der Waals surface area contributed by atoms with Gasteiger partial charge in [0.05, 0.1) is 0 Å². The average Bonchev–Trinajstić information content (AvgIpc) is 2.54. The highest BCUT2D eigenvalue weighted by Gasteiger charge is 2.17. The molecule has 6 heteroatoms. The summed E-state index contributed by atoms with van der Waals surface area (Å²) in [6.45, 7) is 10.2. The number of carbonyl (C=O) groups excluding carboxylic acids is 1. The third-order valence-electron chi connectivity index (χ3n) is 3.71. The number of hydrogen-bond acceptors (Lipinski definition) is 5. The van der Waals surface area contributed by atoms with E-state index in [2.05, 4.69) is 36.5 Å². The maximum Gasteiger partial charge on any atom is 0.308 e. The molecule has 0 bridgehead atoms. The lowest BCUT2D eigenvalue weighted by Gasteiger charge is -2.23. The number of esters is 1. The number of aryl methyl sites for hydroxylation is 1. The highest BCUT2D eigenvalue weighted by Crippen LogP contribution is 2.20. The Morgan fingerprint density at radius 3 is 2.27 bits per heavy atom. The zero-order valence-electron chi connectivity index (χ0n) is 16.3. The molecule has 0 aliphatic carbocycles. The second-order valence-electron chi connectivity index (χ2n) is 7.47. The highest BCUT2D eigenvalue weighted by atomic mass is 28.4. The summed E-state index contributed by atoms with van der Waals surface area (Å²) >= 11 is 0. The van der Waals surface area contributed by atoms with Crippen LogP contribution >= 0.6 is 0 Å². The van der Waals surface area contributed by atoms with Crippen molar-refractivity contribution in [2.45, 2.75) is 58.9 Å². The maximum absolute atomic E-state index is 10.9. The van der Waals surface area contributed by atoms with E-state index in [1.807, 2.05) is 24.5 Å². The molecule has 1 heterocycles. The fraction of sp³-hybridized carbons (Fsp3) is 0.450. The zero-order valence-corrected chi connectivity index (χ0v) is 17.3. The van der Waals surface area contributed by atoms with Crippen molar-refractivity contribution >= 4 is 14.3 Å². The number of aromatic nitrogens is 2. The van der Waals surface area contributed by atoms with E-state index < -0.39 is 8.32 Å². The van der Waals surface area contributed by atoms with Gasteiger partial charge in [-0.2, -0.15) is 0 Å². The van der Waals surface area contributed by atoms with E-state index in [1.54, 1.807) is 12.1 Å². The fourth-order valence-electron chi connectivity index (χ4n) is 2.73. The molecule has 0 N–H and O–H groups in total. The summed E-state index contributed by atoms with van der Waals surface area (Å²) in [4.78, 5) is 19.9. The molecule has 0 fully saturated rings. The Labute approximate surface area is 156 Å². The summed E-state index contributed by atoms with van der Waals surface area (Å²) < 4.78 is 11.1. The minimum atomic E-state index is -1.46. The molecule has 1 aromatic heterocycles. The first-order chi connectivity index (χ1) is 12.2. The normalized spacial score (nSPS) is 12.7. The van der Waals surface area contributed by atoms with Crippen molar-refractivity contribution in [3.63, 3.8) is 0 Å². The first-order valence-electron chi connectivity index (χ1n) is 9.00. The van der Waals surface area contributed by atoms with Crippen LogP contribution in [0.5, 0.6) is 5.75 Å². The van der Waals surface area contributed by atoms with Crippen LogP contribution in [0.25, 0.3) is 11.4 Å². The Morgan fingerprint density at radius 1 is 1.12 bits per heavy atom. The van der Waals surface area contributed by atoms with Gasteiger partial charge in [0, 0.05) is 31.0 Å². The van der Waals surface area contributed by atoms with E-state index in [4.69, 9.17) is 9.16 Å². The predicted molar refractivity (Wildman–Crippen MR) is 106 cm³/mol. The molecule has 2 aromatic rings. The molecule has 1 atom stereocenters. The van der Waals surface area contributed by atoms with Gasteiger partial charge in [0.25, 0.3) is 0 Å². The van der Waals surface area contributed by atoms with Crippen molar-refractivity contribution in [2.24, 2.45) is 0 Å². The molecular formula is C20H28N2O3Si. The minimum absolute atomic E-state index is 0.303. The first-order valence-corrected chi connectivity index (χ1v) is 12.4. The molecule has 5 nitrogen and oxygen atoms in total. The van der Waals surface area contributed by atoms with Crippen molar-refractivity contribution in [1.29, 1.82) is 0 Å². The van der Waals surface area contributed by atoms with Crippen molar-refractivity contribution in [3.8, 4) is 17.1 Å². The molecule has 1 unspecified atom stereocenters. The summed E-state index contributed by atoms with van der Waals surface area (Å²) in [7, 11) is -1.46. The van der Waals surface area contributed by atoms with Crippen LogP contribution in [0.1, 0.15) is 32.3 Å². The highest BCUT2D eigenvalue weighted by molar-refractivity contribution is 6.69. The molecule has 0 aliphatic heterocycles. The summed E-state index contributed by atoms with van der Waals surface area (Å²) in [5.41, 5.74) is 2.02. The molecule has 1 aromatic carbocycles. The average molecular weight is 373 g/mol. The monoisotopic (exact) mass is 372 g/mol. The molecule has 2 rings (SSSR count). The van der Waals surface area contributed by atoms with Crippen LogP contribution in [0, 0.1) is 0 Å². The topological polar surface area (TPSA) is 61.3 Å². The second kappa shape index (κ2) is 9.05. The quantitative estimate of drug-likeness (QED) is 0.384. The van der Waals surface area contributed by atoms with Gasteiger partial charge in [-0.15, -0.1) is 0 Å². The molecule has 0 saturated carbocycles. The van der Waals surface area contributed by atoms with Gasteiger partial charge in [-0.1, -0.05) is 0 Å². The van der Waals surface area contributed by atoms with Gasteiger partial charge in [0.15, 0.2) is 14.1 Å². The molecular weight excluding hydrogens is 344 g/mol. The van der Waals surface area contributed by atoms with Gasteiger partial charge in [0.2, 0.25) is 0 Å². The molecule has 0 amide bonds. The summed E-state index contributed by atoms with van der Waals surface area (Å²) in [6, 6.07) is 7.19. The number of rotatable bonds is 8. The van der Waals surface area contributed by atoms with E-state index in [1.165, 1.54) is 6.92 Å². The first kappa shape index (κ1) is 20.3. The Morgan fingerprint density at radius 2 is 1.73 bits per heavy atom. The smallest absolute Gasteiger partial charge is 0.308 e. The molecule has 26 heavy (non-hydrogen) atoms. The third kappa shape index (κ3) is 7.05. The van der Waals surface area contributed by atoms with E-state index in [-0.39, 0.29) is 5.97 Å². The van der Waals surface area contributed by atoms with Gasteiger partial charge < -0.3 is 9.16 Å². The second-order valence-corrected chi connectivity index (χ2v) is 11.9. The minimum Gasteiger partial charge on any atom is -0.427 e. The number of benzene rings is 1. The Balaban J connectivity index is 1.87. The van der Waals surface area contributed by atoms with Crippen LogP contribution in [0.3, 0.4) is 0 Å². The van der Waals surface area contributed by atoms with E-state index in [0.717, 1.165) is 30.4 Å². The van der Waals surface area contributed by atoms with Crippen LogP contribution in [-0.2, 0) is 15.6 Å². The largest absolute Gasteiger partial charge is 0.427 e. The van der Waals surface area contributed by atoms with E-state index >= 15 is 0 Å². The van der Waals surface area contributed by atoms with Gasteiger partial charge in [-0.25, -0.2) is 9.97 Å². The molecule has 0 radical (unpaired) electrons. The Bertz CT molecular complexity index is 709. The fourth-order valence-corrected chi connectivity index (χ4v) is 4.05. The lowest BCUT2D eigenvalue weighted by Crippen LogP contribution is -2.30. The van der Waals surface area contributed by atoms with Gasteiger partial charge >= 0.3 is 5.97 Å². The standard InChI is InChI=1S/C20H28N2O3Si/c1-15(25-26(3,4)5)7-6-8-17-13-21-20(22-14-17)18-9-11-19(12-10-18)24-16(2)23/h9-15H,6-8H2,1-5H3. The lowest BCUT2D eigenvalue weighted by atomic mass is 10.1. The van der Waals surface area contributed by atoms with Crippen molar-refractivity contribution < 1.29 is 14.0 Å². The number of carbonyl (C=O) groups is 1. The Hall–Kier alpha value is -2.05. The number of nitrogens with zero attached hydrogens (tertiary/aromatic N) is 2. The van der Waals surface area contributed by atoms with Gasteiger partial charge in [-0.3, -0.25) is 4.79 Å². The molecule has 0 spiro atoms. The summed E-state index contributed by atoms with van der Waals surface area (Å²) in [5, 5.41) is 0. The molecule has 0 saturated heterocycles. The van der Waals surface area contributed by atoms with Crippen molar-refractivity contribution in [2.75, 3.05) is 0 Å². The number of hydrogen-bond donors (Lipinski definition) is 0. The van der Waals surface area contributed by atoms with Crippen LogP contribution in [-0.4, -0.2) is 30.4 Å². The van der Waals surface area contributed by atoms with Gasteiger partial charge in [0.1, 0.15) is 5.75 Å². The van der Waals surface area contributed by atoms with E-state index in [0.29, 0.717) is 17.7 Å². The SMILES string of the molecule is CC(=O)Oc1ccc(-c2ncc(CCCC(C)O[Si](C)(C)C)cn2)cc1. The van der Waals surface area contributed by atoms with Crippen LogP contribution < -0.4 is 4.74 Å². The van der Waals surface area contributed by atoms with E-state index in [9.17, 15) is 4.79 Å². The third-order valence-corrected chi connectivity index (χ3v) is 4.82. The van der Waals surface area contributed by atoms with Crippen LogP contribution in [0.4, 0.5) is 0 Å². The predicted octanol–water partition coefficient (Wildman–Crippen LogP) is 4.63. The summed E-state index contributed by atoms with van der Waals surface area (Å²) in [5.74, 6) is 0.856. The summed E-state index contributed by atoms with van der Waals surface area (Å²) in [6.07, 6.45) is 7.12. The zero-order chi connectivity index (χ0) is 19.2. The van der Waals surface area contributed by atoms with Crippen molar-refractivity contribution in [3.05, 3.63) is 42.2 Å². The maximum atomic E-state index is 10.9. The number of ether oxygens (including phenoxy) is 1. The van der Waals surface area contributed by atoms with Crippen LogP contribution in [0.15, 0.2) is 36.7 Å². The van der Waals surface area contributed by atoms with Gasteiger partial charge in [-0.05, 0) is 75.7 Å². The lowest BCUT2D eigenvalue weighted by molar-refractivity contribution is -0.131. The molecule has 0 aliphatic rings. The van der Waals surface area contributed by atoms with Crippen LogP contribution in [0.2, 0.25) is 19.6 Å². The molecule has 140 valence electrons. The Kier molecular flexibility index (Phi) is 7.05. The van der Waals surface area contributed by atoms with Crippen molar-refractivity contribution in [1.82, 2.24) is 9.97 Å².